The molecular weight excluding hydrogens is 309 g/mol. The van der Waals surface area contributed by atoms with Crippen LogP contribution in [0.5, 0.6) is 5.75 Å². The van der Waals surface area contributed by atoms with E-state index < -0.39 is 24.5 Å². The Labute approximate surface area is 125 Å². The number of amides is 1. The first-order valence-corrected chi connectivity index (χ1v) is 6.29. The number of carbonyl (C=O) groups excluding carboxylic acids is 2. The zero-order valence-electron chi connectivity index (χ0n) is 10.6. The average Bonchev–Trinajstić information content (AvgIpc) is 2.44. The van der Waals surface area contributed by atoms with E-state index in [0.717, 1.165) is 7.11 Å². The first kappa shape index (κ1) is 16.6. The summed E-state index contributed by atoms with van der Waals surface area (Å²) in [6.45, 7) is -0.954. The molecule has 0 spiro atoms. The number of benzene rings is 1. The molecule has 6 nitrogen and oxygen atoms in total. The third-order valence-corrected chi connectivity index (χ3v) is 2.80. The maximum absolute atomic E-state index is 11.6. The lowest BCUT2D eigenvalue weighted by Gasteiger charge is -2.14. The second kappa shape index (κ2) is 7.94. The highest BCUT2D eigenvalue weighted by Gasteiger charge is 2.20. The van der Waals surface area contributed by atoms with E-state index in [4.69, 9.17) is 33.0 Å². The van der Waals surface area contributed by atoms with Crippen LogP contribution in [0, 0.1) is 0 Å². The molecule has 110 valence electrons. The van der Waals surface area contributed by atoms with Crippen molar-refractivity contribution in [3.63, 3.8) is 0 Å². The van der Waals surface area contributed by atoms with E-state index >= 15 is 0 Å². The predicted molar refractivity (Wildman–Crippen MR) is 73.0 cm³/mol. The number of ether oxygens (including phenoxy) is 2. The van der Waals surface area contributed by atoms with Crippen LogP contribution in [0.2, 0.25) is 10.0 Å². The van der Waals surface area contributed by atoms with Gasteiger partial charge in [-0.2, -0.15) is 0 Å². The van der Waals surface area contributed by atoms with Crippen LogP contribution in [-0.4, -0.2) is 43.3 Å². The largest absolute Gasteiger partial charge is 0.482 e. The summed E-state index contributed by atoms with van der Waals surface area (Å²) in [5.41, 5.74) is 0. The van der Waals surface area contributed by atoms with Gasteiger partial charge >= 0.3 is 5.97 Å². The number of aliphatic hydroxyl groups is 1. The lowest BCUT2D eigenvalue weighted by atomic mass is 10.3. The van der Waals surface area contributed by atoms with E-state index in [-0.39, 0.29) is 12.4 Å². The van der Waals surface area contributed by atoms with E-state index in [0.29, 0.717) is 10.0 Å². The Balaban J connectivity index is 2.54. The maximum atomic E-state index is 11.6. The Hall–Kier alpha value is -1.50. The highest BCUT2D eigenvalue weighted by molar-refractivity contribution is 6.34. The van der Waals surface area contributed by atoms with E-state index in [1.165, 1.54) is 12.1 Å². The molecule has 1 unspecified atom stereocenters. The molecule has 0 aliphatic heterocycles. The van der Waals surface area contributed by atoms with Gasteiger partial charge in [-0.05, 0) is 12.1 Å². The monoisotopic (exact) mass is 321 g/mol. The maximum Gasteiger partial charge on any atom is 0.330 e. The van der Waals surface area contributed by atoms with E-state index in [1.54, 1.807) is 6.07 Å². The molecule has 0 aliphatic rings. The molecule has 0 radical (unpaired) electrons. The van der Waals surface area contributed by atoms with E-state index in [9.17, 15) is 9.59 Å². The summed E-state index contributed by atoms with van der Waals surface area (Å²) in [7, 11) is 1.15. The van der Waals surface area contributed by atoms with Gasteiger partial charge in [0.25, 0.3) is 5.91 Å². The van der Waals surface area contributed by atoms with Crippen molar-refractivity contribution in [2.24, 2.45) is 0 Å². The van der Waals surface area contributed by atoms with Gasteiger partial charge in [-0.3, -0.25) is 4.79 Å². The molecule has 1 atom stereocenters. The summed E-state index contributed by atoms with van der Waals surface area (Å²) in [4.78, 5) is 22.7. The van der Waals surface area contributed by atoms with Crippen LogP contribution in [0.4, 0.5) is 0 Å². The minimum atomic E-state index is -1.13. The number of nitrogens with one attached hydrogen (secondary N) is 1. The number of hydrogen-bond donors (Lipinski definition) is 2. The van der Waals surface area contributed by atoms with Gasteiger partial charge in [0.05, 0.1) is 18.7 Å². The lowest BCUT2D eigenvalue weighted by molar-refractivity contribution is -0.146. The Bertz CT molecular complexity index is 495. The highest BCUT2D eigenvalue weighted by atomic mass is 35.5. The van der Waals surface area contributed by atoms with Crippen LogP contribution in [0.25, 0.3) is 0 Å². The molecule has 1 rings (SSSR count). The minimum absolute atomic E-state index is 0.243. The molecule has 0 heterocycles. The quantitative estimate of drug-likeness (QED) is 0.764. The number of rotatable bonds is 6. The molecule has 0 fully saturated rings. The molecule has 1 aromatic carbocycles. The smallest absolute Gasteiger partial charge is 0.330 e. The molecule has 20 heavy (non-hydrogen) atoms. The fourth-order valence-electron chi connectivity index (χ4n) is 1.29. The fraction of sp³-hybridized carbons (Fsp3) is 0.333. The van der Waals surface area contributed by atoms with Crippen LogP contribution >= 0.6 is 23.2 Å². The molecule has 0 saturated carbocycles. The fourth-order valence-corrected chi connectivity index (χ4v) is 1.62. The second-order valence-corrected chi connectivity index (χ2v) is 4.53. The normalized spacial score (nSPS) is 11.6. The Morgan fingerprint density at radius 2 is 2.10 bits per heavy atom. The van der Waals surface area contributed by atoms with Gasteiger partial charge in [0, 0.05) is 11.1 Å². The number of methoxy groups -OCH3 is 1. The topological polar surface area (TPSA) is 84.9 Å². The van der Waals surface area contributed by atoms with Crippen molar-refractivity contribution in [2.75, 3.05) is 20.3 Å². The zero-order chi connectivity index (χ0) is 15.1. The third-order valence-electron chi connectivity index (χ3n) is 2.26. The first-order chi connectivity index (χ1) is 9.47. The summed E-state index contributed by atoms with van der Waals surface area (Å²) in [5, 5.41) is 11.9. The predicted octanol–water partition coefficient (Wildman–Crippen LogP) is 1.02. The van der Waals surface area contributed by atoms with Crippen molar-refractivity contribution < 1.29 is 24.2 Å². The molecule has 2 N–H and O–H groups in total. The van der Waals surface area contributed by atoms with Crippen molar-refractivity contribution in [2.45, 2.75) is 6.04 Å². The Kier molecular flexibility index (Phi) is 6.57. The van der Waals surface area contributed by atoms with Gasteiger partial charge in [-0.15, -0.1) is 0 Å². The van der Waals surface area contributed by atoms with Crippen LogP contribution in [0.3, 0.4) is 0 Å². The van der Waals surface area contributed by atoms with Crippen molar-refractivity contribution >= 4 is 35.1 Å². The van der Waals surface area contributed by atoms with Crippen molar-refractivity contribution in [1.29, 1.82) is 0 Å². The first-order valence-electron chi connectivity index (χ1n) is 5.53. The average molecular weight is 322 g/mol. The number of carbonyl (C=O) groups is 2. The van der Waals surface area contributed by atoms with Crippen molar-refractivity contribution in [3.05, 3.63) is 28.2 Å². The summed E-state index contributed by atoms with van der Waals surface area (Å²) in [5.74, 6) is -1.11. The van der Waals surface area contributed by atoms with Crippen LogP contribution in [-0.2, 0) is 14.3 Å². The number of esters is 1. The molecule has 0 aliphatic carbocycles. The summed E-state index contributed by atoms with van der Waals surface area (Å²) >= 11 is 11.6. The van der Waals surface area contributed by atoms with E-state index in [1.807, 2.05) is 0 Å². The van der Waals surface area contributed by atoms with Gasteiger partial charge in [0.1, 0.15) is 5.75 Å². The van der Waals surface area contributed by atoms with Crippen molar-refractivity contribution in [3.8, 4) is 5.75 Å². The van der Waals surface area contributed by atoms with Gasteiger partial charge in [-0.1, -0.05) is 23.2 Å². The number of aliphatic hydroxyl groups excluding tert-OH is 1. The SMILES string of the molecule is COC(=O)C(CO)NC(=O)COc1cc(Cl)ccc1Cl. The Morgan fingerprint density at radius 1 is 1.40 bits per heavy atom. The number of halogens is 2. The van der Waals surface area contributed by atoms with Crippen LogP contribution < -0.4 is 10.1 Å². The summed E-state index contributed by atoms with van der Waals surface area (Å²) in [6.07, 6.45) is 0. The van der Waals surface area contributed by atoms with Gasteiger partial charge in [0.2, 0.25) is 0 Å². The number of hydrogen-bond acceptors (Lipinski definition) is 5. The molecular formula is C12H13Cl2NO5. The lowest BCUT2D eigenvalue weighted by Crippen LogP contribution is -2.45. The van der Waals surface area contributed by atoms with Crippen molar-refractivity contribution in [1.82, 2.24) is 5.32 Å². The van der Waals surface area contributed by atoms with Gasteiger partial charge < -0.3 is 19.9 Å². The summed E-state index contributed by atoms with van der Waals surface area (Å²) in [6, 6.07) is 3.44. The van der Waals surface area contributed by atoms with E-state index in [2.05, 4.69) is 10.1 Å². The second-order valence-electron chi connectivity index (χ2n) is 3.69. The molecule has 1 amide bonds. The highest BCUT2D eigenvalue weighted by Crippen LogP contribution is 2.27. The van der Waals surface area contributed by atoms with Gasteiger partial charge in [0.15, 0.2) is 12.6 Å². The Morgan fingerprint density at radius 3 is 2.70 bits per heavy atom. The van der Waals surface area contributed by atoms with Gasteiger partial charge in [-0.25, -0.2) is 4.79 Å². The minimum Gasteiger partial charge on any atom is -0.482 e. The summed E-state index contributed by atoms with van der Waals surface area (Å²) < 4.78 is 9.58. The molecule has 0 bridgehead atoms. The molecule has 8 heteroatoms. The van der Waals surface area contributed by atoms with Crippen LogP contribution in [0.15, 0.2) is 18.2 Å². The zero-order valence-corrected chi connectivity index (χ0v) is 12.1. The van der Waals surface area contributed by atoms with Crippen LogP contribution in [0.1, 0.15) is 0 Å². The standard InChI is InChI=1S/C12H13Cl2NO5/c1-19-12(18)9(5-16)15-11(17)6-20-10-4-7(13)2-3-8(10)14/h2-4,9,16H,5-6H2,1H3,(H,15,17). The molecule has 0 saturated heterocycles. The molecule has 0 aromatic heterocycles. The third kappa shape index (κ3) is 4.88. The molecule has 1 aromatic rings.